The summed E-state index contributed by atoms with van der Waals surface area (Å²) in [6, 6.07) is 7.98. The summed E-state index contributed by atoms with van der Waals surface area (Å²) in [6.07, 6.45) is 3.91. The number of aromatic nitrogens is 2. The van der Waals surface area contributed by atoms with E-state index in [2.05, 4.69) is 28.9 Å². The highest BCUT2D eigenvalue weighted by Crippen LogP contribution is 2.12. The molecule has 28 heavy (non-hydrogen) atoms. The van der Waals surface area contributed by atoms with Crippen molar-refractivity contribution in [2.75, 3.05) is 26.9 Å². The van der Waals surface area contributed by atoms with E-state index in [1.807, 2.05) is 42.9 Å². The van der Waals surface area contributed by atoms with Crippen molar-refractivity contribution in [3.05, 3.63) is 47.3 Å². The van der Waals surface area contributed by atoms with Gasteiger partial charge in [-0.05, 0) is 37.5 Å². The van der Waals surface area contributed by atoms with Crippen molar-refractivity contribution < 1.29 is 9.47 Å². The number of hydrogen-bond donors (Lipinski definition) is 2. The van der Waals surface area contributed by atoms with Gasteiger partial charge in [-0.2, -0.15) is 5.10 Å². The van der Waals surface area contributed by atoms with Crippen molar-refractivity contribution in [2.24, 2.45) is 12.0 Å². The van der Waals surface area contributed by atoms with Gasteiger partial charge in [0.25, 0.3) is 0 Å². The van der Waals surface area contributed by atoms with Crippen molar-refractivity contribution in [3.8, 4) is 5.75 Å². The fourth-order valence-electron chi connectivity index (χ4n) is 2.81. The number of nitrogens with one attached hydrogen (secondary N) is 2. The first-order valence-electron chi connectivity index (χ1n) is 9.90. The van der Waals surface area contributed by atoms with E-state index in [1.54, 1.807) is 7.11 Å². The molecular formula is C21H33N5O2. The van der Waals surface area contributed by atoms with Gasteiger partial charge in [-0.3, -0.25) is 4.68 Å². The van der Waals surface area contributed by atoms with Crippen LogP contribution in [-0.4, -0.2) is 42.6 Å². The van der Waals surface area contributed by atoms with Crippen LogP contribution in [0.25, 0.3) is 0 Å². The van der Waals surface area contributed by atoms with E-state index in [9.17, 15) is 0 Å². The van der Waals surface area contributed by atoms with Gasteiger partial charge in [0.1, 0.15) is 5.75 Å². The second kappa shape index (κ2) is 12.0. The first-order chi connectivity index (χ1) is 13.7. The van der Waals surface area contributed by atoms with Crippen molar-refractivity contribution in [2.45, 2.75) is 39.8 Å². The lowest BCUT2D eigenvalue weighted by atomic mass is 10.2. The number of aryl methyl sites for hydroxylation is 2. The molecule has 0 atom stereocenters. The number of guanidine groups is 1. The van der Waals surface area contributed by atoms with Crippen LogP contribution in [0.1, 0.15) is 37.1 Å². The van der Waals surface area contributed by atoms with E-state index in [1.165, 1.54) is 5.56 Å². The van der Waals surface area contributed by atoms with Crippen LogP contribution in [0.2, 0.25) is 0 Å². The lowest BCUT2D eigenvalue weighted by Gasteiger charge is -2.13. The summed E-state index contributed by atoms with van der Waals surface area (Å²) in [5.74, 6) is 1.64. The highest BCUT2D eigenvalue weighted by molar-refractivity contribution is 5.79. The molecule has 0 fully saturated rings. The van der Waals surface area contributed by atoms with Gasteiger partial charge in [0.15, 0.2) is 5.96 Å². The second-order valence-corrected chi connectivity index (χ2v) is 6.47. The molecule has 7 heteroatoms. The van der Waals surface area contributed by atoms with Crippen molar-refractivity contribution in [3.63, 3.8) is 0 Å². The van der Waals surface area contributed by atoms with Gasteiger partial charge in [-0.1, -0.05) is 19.1 Å². The Morgan fingerprint density at radius 2 is 1.96 bits per heavy atom. The van der Waals surface area contributed by atoms with E-state index >= 15 is 0 Å². The molecule has 0 aliphatic heterocycles. The first kappa shape index (κ1) is 21.8. The highest BCUT2D eigenvalue weighted by Gasteiger charge is 2.07. The molecule has 2 aromatic rings. The Labute approximate surface area is 168 Å². The Kier molecular flexibility index (Phi) is 9.34. The van der Waals surface area contributed by atoms with E-state index < -0.39 is 0 Å². The fraction of sp³-hybridized carbons (Fsp3) is 0.524. The molecule has 0 saturated carbocycles. The maximum Gasteiger partial charge on any atom is 0.191 e. The van der Waals surface area contributed by atoms with Crippen molar-refractivity contribution in [1.82, 2.24) is 20.4 Å². The molecule has 2 N–H and O–H groups in total. The van der Waals surface area contributed by atoms with Crippen LogP contribution in [0.4, 0.5) is 0 Å². The molecule has 0 unspecified atom stereocenters. The molecular weight excluding hydrogens is 354 g/mol. The predicted octanol–water partition coefficient (Wildman–Crippen LogP) is 2.65. The first-order valence-corrected chi connectivity index (χ1v) is 9.90. The molecule has 0 bridgehead atoms. The number of ether oxygens (including phenoxy) is 2. The van der Waals surface area contributed by atoms with Crippen molar-refractivity contribution in [1.29, 1.82) is 0 Å². The average molecular weight is 388 g/mol. The molecule has 0 aliphatic rings. The van der Waals surface area contributed by atoms with Crippen LogP contribution in [0.15, 0.2) is 35.5 Å². The van der Waals surface area contributed by atoms with Crippen LogP contribution >= 0.6 is 0 Å². The molecule has 1 aromatic heterocycles. The average Bonchev–Trinajstić information content (AvgIpc) is 3.09. The summed E-state index contributed by atoms with van der Waals surface area (Å²) in [5.41, 5.74) is 3.44. The Morgan fingerprint density at radius 1 is 1.18 bits per heavy atom. The van der Waals surface area contributed by atoms with Crippen LogP contribution in [0, 0.1) is 0 Å². The molecule has 0 saturated heterocycles. The maximum atomic E-state index is 5.41. The van der Waals surface area contributed by atoms with Crippen molar-refractivity contribution >= 4 is 5.96 Å². The van der Waals surface area contributed by atoms with Crippen LogP contribution in [0.3, 0.4) is 0 Å². The zero-order valence-electron chi connectivity index (χ0n) is 17.5. The Morgan fingerprint density at radius 3 is 2.64 bits per heavy atom. The molecule has 154 valence electrons. The molecule has 2 rings (SSSR count). The molecule has 1 heterocycles. The normalized spacial score (nSPS) is 11.5. The molecule has 1 aromatic carbocycles. The van der Waals surface area contributed by atoms with Gasteiger partial charge < -0.3 is 20.1 Å². The van der Waals surface area contributed by atoms with Crippen LogP contribution < -0.4 is 15.4 Å². The lowest BCUT2D eigenvalue weighted by Crippen LogP contribution is -2.38. The minimum atomic E-state index is 0.596. The summed E-state index contributed by atoms with van der Waals surface area (Å²) in [7, 11) is 3.62. The number of rotatable bonds is 11. The van der Waals surface area contributed by atoms with Crippen LogP contribution in [-0.2, 0) is 31.3 Å². The third-order valence-electron chi connectivity index (χ3n) is 4.31. The summed E-state index contributed by atoms with van der Waals surface area (Å²) >= 11 is 0. The summed E-state index contributed by atoms with van der Waals surface area (Å²) in [5, 5.41) is 11.3. The number of aliphatic imine (C=N–C) groups is 1. The highest BCUT2D eigenvalue weighted by atomic mass is 16.5. The third-order valence-corrected chi connectivity index (χ3v) is 4.31. The van der Waals surface area contributed by atoms with Gasteiger partial charge in [0, 0.05) is 45.1 Å². The summed E-state index contributed by atoms with van der Waals surface area (Å²) in [4.78, 5) is 4.73. The second-order valence-electron chi connectivity index (χ2n) is 6.47. The van der Waals surface area contributed by atoms with E-state index in [0.29, 0.717) is 13.1 Å². The van der Waals surface area contributed by atoms with E-state index in [4.69, 9.17) is 14.5 Å². The molecule has 0 spiro atoms. The van der Waals surface area contributed by atoms with Gasteiger partial charge in [-0.25, -0.2) is 4.99 Å². The largest absolute Gasteiger partial charge is 0.497 e. The monoisotopic (exact) mass is 387 g/mol. The smallest absolute Gasteiger partial charge is 0.191 e. The number of benzene rings is 1. The lowest BCUT2D eigenvalue weighted by molar-refractivity contribution is 0.145. The van der Waals surface area contributed by atoms with E-state index in [-0.39, 0.29) is 0 Å². The van der Waals surface area contributed by atoms with Gasteiger partial charge in [0.05, 0.1) is 19.3 Å². The SMILES string of the molecule is CCOCCCNC(=NCc1ccc(OC)cc1)NCc1cn(C)nc1CC. The van der Waals surface area contributed by atoms with Gasteiger partial charge in [0.2, 0.25) is 0 Å². The standard InChI is InChI=1S/C21H33N5O2/c1-5-20-18(16-26(3)25-20)15-24-21(22-12-7-13-28-6-2)23-14-17-8-10-19(27-4)11-9-17/h8-11,16H,5-7,12-15H2,1-4H3,(H2,22,23,24). The van der Waals surface area contributed by atoms with Crippen LogP contribution in [0.5, 0.6) is 5.75 Å². The number of methoxy groups -OCH3 is 1. The minimum Gasteiger partial charge on any atom is -0.497 e. The molecule has 0 aliphatic carbocycles. The summed E-state index contributed by atoms with van der Waals surface area (Å²) < 4.78 is 12.5. The zero-order chi connectivity index (χ0) is 20.2. The summed E-state index contributed by atoms with van der Waals surface area (Å²) in [6.45, 7) is 7.72. The quantitative estimate of drug-likeness (QED) is 0.352. The van der Waals surface area contributed by atoms with E-state index in [0.717, 1.165) is 55.6 Å². The molecule has 0 radical (unpaired) electrons. The Balaban J connectivity index is 1.97. The van der Waals surface area contributed by atoms with Gasteiger partial charge >= 0.3 is 0 Å². The predicted molar refractivity (Wildman–Crippen MR) is 113 cm³/mol. The maximum absolute atomic E-state index is 5.41. The Bertz CT molecular complexity index is 725. The Hall–Kier alpha value is -2.54. The number of hydrogen-bond acceptors (Lipinski definition) is 4. The number of nitrogens with zero attached hydrogens (tertiary/aromatic N) is 3. The molecule has 0 amide bonds. The third kappa shape index (κ3) is 7.23. The zero-order valence-corrected chi connectivity index (χ0v) is 17.5. The fourth-order valence-corrected chi connectivity index (χ4v) is 2.81. The minimum absolute atomic E-state index is 0.596. The van der Waals surface area contributed by atoms with Gasteiger partial charge in [-0.15, -0.1) is 0 Å². The topological polar surface area (TPSA) is 72.7 Å². The molecule has 7 nitrogen and oxygen atoms in total.